The van der Waals surface area contributed by atoms with Crippen molar-refractivity contribution < 1.29 is 26.2 Å². The van der Waals surface area contributed by atoms with Crippen LogP contribution in [0.15, 0.2) is 33.5 Å². The summed E-state index contributed by atoms with van der Waals surface area (Å²) in [5.41, 5.74) is 8.01. The molecule has 0 aliphatic heterocycles. The van der Waals surface area contributed by atoms with Gasteiger partial charge in [-0.3, -0.25) is 0 Å². The molecule has 0 spiro atoms. The van der Waals surface area contributed by atoms with E-state index in [1.54, 1.807) is 18.4 Å². The quantitative estimate of drug-likeness (QED) is 0.150. The molecule has 2 fully saturated rings. The maximum Gasteiger partial charge on any atom is 0.225 e. The number of hydrogen-bond donors (Lipinski definition) is 4. The summed E-state index contributed by atoms with van der Waals surface area (Å²) in [4.78, 5) is 15.8. The van der Waals surface area contributed by atoms with E-state index in [1.165, 1.54) is 6.26 Å². The van der Waals surface area contributed by atoms with Crippen LogP contribution in [0.4, 0.5) is 5.82 Å². The highest BCUT2D eigenvalue weighted by Gasteiger charge is 2.21. The molecule has 210 valence electrons. The summed E-state index contributed by atoms with van der Waals surface area (Å²) in [7, 11) is 0. The SMILES string of the molecule is Clc1nc(Cl)c2occc2n1.NC1CCC(O)CC1.OC1CCC(Nc2nc(Cl)nc3ccoc23)CC1.[HH].[HH].[HH].[HH].[HH]. The number of halogens is 3. The van der Waals surface area contributed by atoms with Gasteiger partial charge >= 0.3 is 0 Å². The maximum absolute atomic E-state index is 9.48. The predicted octanol–water partition coefficient (Wildman–Crippen LogP) is 6.60. The Bertz CT molecular complexity index is 1300. The second-order valence-corrected chi connectivity index (χ2v) is 10.1. The van der Waals surface area contributed by atoms with E-state index in [1.807, 2.05) is 0 Å². The molecule has 5 N–H and O–H groups in total. The molecule has 10 nitrogen and oxygen atoms in total. The second-order valence-electron chi connectivity index (χ2n) is 9.11. The summed E-state index contributed by atoms with van der Waals surface area (Å²) in [6, 6.07) is 4.10. The molecule has 2 aliphatic rings. The van der Waals surface area contributed by atoms with Crippen LogP contribution in [-0.2, 0) is 0 Å². The van der Waals surface area contributed by atoms with Crippen LogP contribution in [0.1, 0.15) is 58.5 Å². The van der Waals surface area contributed by atoms with Crippen LogP contribution in [0, 0.1) is 0 Å². The number of rotatable bonds is 2. The Balaban J connectivity index is 0. The zero-order chi connectivity index (χ0) is 26.4. The van der Waals surface area contributed by atoms with E-state index in [0.717, 1.165) is 51.4 Å². The molecule has 13 heteroatoms. The van der Waals surface area contributed by atoms with Crippen molar-refractivity contribution in [3.05, 3.63) is 40.4 Å². The molecule has 0 aromatic carbocycles. The van der Waals surface area contributed by atoms with Crippen LogP contribution in [0.5, 0.6) is 0 Å². The van der Waals surface area contributed by atoms with Gasteiger partial charge < -0.3 is 30.1 Å². The Hall–Kier alpha value is -2.21. The first-order valence-corrected chi connectivity index (χ1v) is 13.3. The summed E-state index contributed by atoms with van der Waals surface area (Å²) < 4.78 is 10.4. The van der Waals surface area contributed by atoms with Crippen molar-refractivity contribution in [1.82, 2.24) is 19.9 Å². The van der Waals surface area contributed by atoms with Crippen molar-refractivity contribution in [2.24, 2.45) is 5.73 Å². The molecule has 37 heavy (non-hydrogen) atoms. The van der Waals surface area contributed by atoms with Gasteiger partial charge in [-0.2, -0.15) is 4.98 Å². The van der Waals surface area contributed by atoms with Crippen LogP contribution < -0.4 is 11.1 Å². The Labute approximate surface area is 236 Å². The third-order valence-corrected chi connectivity index (χ3v) is 6.88. The van der Waals surface area contributed by atoms with Crippen molar-refractivity contribution in [3.63, 3.8) is 0 Å². The number of aliphatic hydroxyl groups excluding tert-OH is 2. The average Bonchev–Trinajstić information content (AvgIpc) is 3.53. The van der Waals surface area contributed by atoms with Gasteiger partial charge in [-0.15, -0.1) is 0 Å². The van der Waals surface area contributed by atoms with E-state index < -0.39 is 0 Å². The molecule has 0 saturated heterocycles. The number of nitrogens with one attached hydrogen (secondary N) is 1. The molecule has 0 atom stereocenters. The monoisotopic (exact) mass is 580 g/mol. The molecule has 4 aromatic heterocycles. The second kappa shape index (κ2) is 13.0. The average molecular weight is 582 g/mol. The van der Waals surface area contributed by atoms with Gasteiger partial charge in [0.05, 0.1) is 24.7 Å². The molecular formula is C24H39Cl3N6O4. The van der Waals surface area contributed by atoms with E-state index >= 15 is 0 Å². The highest BCUT2D eigenvalue weighted by Crippen LogP contribution is 2.27. The molecule has 2 aliphatic carbocycles. The Morgan fingerprint density at radius 2 is 1.27 bits per heavy atom. The van der Waals surface area contributed by atoms with Crippen molar-refractivity contribution in [2.45, 2.75) is 75.7 Å². The number of hydrogen-bond acceptors (Lipinski definition) is 10. The lowest BCUT2D eigenvalue weighted by Gasteiger charge is -2.26. The Kier molecular flexibility index (Phi) is 9.80. The van der Waals surface area contributed by atoms with E-state index in [4.69, 9.17) is 54.5 Å². The van der Waals surface area contributed by atoms with E-state index in [2.05, 4.69) is 25.3 Å². The van der Waals surface area contributed by atoms with Gasteiger partial charge in [0.25, 0.3) is 0 Å². The largest absolute Gasteiger partial charge is 0.459 e. The topological polar surface area (TPSA) is 156 Å². The fraction of sp³-hybridized carbons (Fsp3) is 0.500. The fourth-order valence-corrected chi connectivity index (χ4v) is 4.86. The smallest absolute Gasteiger partial charge is 0.225 e. The number of fused-ring (bicyclic) bond motifs is 2. The lowest BCUT2D eigenvalue weighted by Crippen LogP contribution is -2.28. The van der Waals surface area contributed by atoms with Crippen molar-refractivity contribution >= 4 is 62.8 Å². The molecule has 2 saturated carbocycles. The number of nitrogens with zero attached hydrogens (tertiary/aromatic N) is 4. The minimum Gasteiger partial charge on any atom is -0.459 e. The predicted molar refractivity (Wildman–Crippen MR) is 154 cm³/mol. The summed E-state index contributed by atoms with van der Waals surface area (Å²) in [5.74, 6) is 0.636. The highest BCUT2D eigenvalue weighted by atomic mass is 35.5. The van der Waals surface area contributed by atoms with E-state index in [9.17, 15) is 5.11 Å². The first-order chi connectivity index (χ1) is 17.8. The Morgan fingerprint density at radius 1 is 0.757 bits per heavy atom. The summed E-state index contributed by atoms with van der Waals surface area (Å²) in [6.45, 7) is 0. The number of furan rings is 2. The standard InChI is InChI=1S/C12H14ClN3O2.C6H2Cl2N2O.C6H13NO.5H2/c13-12-15-9-5-6-18-10(9)11(16-12)14-7-1-3-8(17)4-2-7;7-5-4-3(1-2-11-4)9-6(8)10-5;7-5-1-3-6(8)4-2-5;;;;;/h5-8,17H,1-4H2,(H,14,15,16);1-2H;5-6,8H,1-4,7H2;5*1H. The lowest BCUT2D eigenvalue weighted by molar-refractivity contribution is 0.123. The number of aromatic nitrogens is 4. The minimum absolute atomic E-state index is 0. The molecule has 0 radical (unpaired) electrons. The number of aliphatic hydroxyl groups is 2. The van der Waals surface area contributed by atoms with Crippen LogP contribution in [0.2, 0.25) is 15.7 Å². The van der Waals surface area contributed by atoms with Gasteiger partial charge in [0.1, 0.15) is 11.0 Å². The van der Waals surface area contributed by atoms with Gasteiger partial charge in [-0.1, -0.05) is 11.6 Å². The maximum atomic E-state index is 9.48. The van der Waals surface area contributed by atoms with Crippen LogP contribution >= 0.6 is 34.8 Å². The van der Waals surface area contributed by atoms with Gasteiger partial charge in [-0.25, -0.2) is 15.0 Å². The zero-order valence-electron chi connectivity index (χ0n) is 20.0. The third-order valence-electron chi connectivity index (χ3n) is 6.29. The minimum atomic E-state index is -0.166. The van der Waals surface area contributed by atoms with Gasteiger partial charge in [0, 0.05) is 31.3 Å². The molecular weight excluding hydrogens is 543 g/mol. The van der Waals surface area contributed by atoms with Gasteiger partial charge in [-0.05, 0) is 74.6 Å². The summed E-state index contributed by atoms with van der Waals surface area (Å²) >= 11 is 17.1. The van der Waals surface area contributed by atoms with E-state index in [-0.39, 0.29) is 35.1 Å². The van der Waals surface area contributed by atoms with Crippen molar-refractivity contribution in [3.8, 4) is 0 Å². The first kappa shape index (κ1) is 27.8. The molecule has 4 aromatic rings. The highest BCUT2D eigenvalue weighted by molar-refractivity contribution is 6.35. The molecule has 0 bridgehead atoms. The van der Waals surface area contributed by atoms with Crippen LogP contribution in [-0.4, -0.2) is 54.4 Å². The molecule has 6 rings (SSSR count). The third kappa shape index (κ3) is 7.89. The normalized spacial score (nSPS) is 23.6. The van der Waals surface area contributed by atoms with Gasteiger partial charge in [0.15, 0.2) is 22.1 Å². The van der Waals surface area contributed by atoms with Crippen LogP contribution in [0.3, 0.4) is 0 Å². The Morgan fingerprint density at radius 3 is 1.86 bits per heavy atom. The van der Waals surface area contributed by atoms with Crippen LogP contribution in [0.25, 0.3) is 22.2 Å². The van der Waals surface area contributed by atoms with Crippen molar-refractivity contribution in [1.29, 1.82) is 0 Å². The lowest BCUT2D eigenvalue weighted by atomic mass is 9.93. The zero-order valence-corrected chi connectivity index (χ0v) is 22.3. The van der Waals surface area contributed by atoms with E-state index in [0.29, 0.717) is 40.1 Å². The fourth-order valence-electron chi connectivity index (χ4n) is 4.25. The van der Waals surface area contributed by atoms with Gasteiger partial charge in [0.2, 0.25) is 10.6 Å². The summed E-state index contributed by atoms with van der Waals surface area (Å²) in [6.07, 6.45) is 10.1. The number of anilines is 1. The molecule has 4 heterocycles. The van der Waals surface area contributed by atoms with Crippen molar-refractivity contribution in [2.75, 3.05) is 5.32 Å². The molecule has 0 amide bonds. The first-order valence-electron chi connectivity index (χ1n) is 12.1. The molecule has 0 unspecified atom stereocenters. The number of nitrogens with two attached hydrogens (primary N) is 1. The summed E-state index contributed by atoms with van der Waals surface area (Å²) in [5, 5.41) is 22.4.